The fourth-order valence-corrected chi connectivity index (χ4v) is 2.78. The normalized spacial score (nSPS) is 21.3. The lowest BCUT2D eigenvalue weighted by Gasteiger charge is -2.34. The van der Waals surface area contributed by atoms with Crippen molar-refractivity contribution in [1.82, 2.24) is 4.90 Å². The molecule has 1 atom stereocenters. The van der Waals surface area contributed by atoms with Crippen molar-refractivity contribution in [3.05, 3.63) is 29.8 Å². The highest BCUT2D eigenvalue weighted by atomic mass is 16.5. The highest BCUT2D eigenvalue weighted by Crippen LogP contribution is 2.42. The lowest BCUT2D eigenvalue weighted by Crippen LogP contribution is -2.43. The van der Waals surface area contributed by atoms with Crippen LogP contribution >= 0.6 is 0 Å². The molecule has 1 fully saturated rings. The van der Waals surface area contributed by atoms with Crippen molar-refractivity contribution in [1.29, 1.82) is 0 Å². The van der Waals surface area contributed by atoms with Crippen LogP contribution in [0.15, 0.2) is 24.3 Å². The maximum absolute atomic E-state index is 12.0. The second-order valence-corrected chi connectivity index (χ2v) is 5.48. The second-order valence-electron chi connectivity index (χ2n) is 5.48. The summed E-state index contributed by atoms with van der Waals surface area (Å²) in [6, 6.07) is 7.96. The third kappa shape index (κ3) is 2.53. The van der Waals surface area contributed by atoms with Crippen molar-refractivity contribution in [2.24, 2.45) is 0 Å². The number of methoxy groups -OCH3 is 2. The van der Waals surface area contributed by atoms with Crippen LogP contribution in [0.1, 0.15) is 38.3 Å². The third-order valence-corrected chi connectivity index (χ3v) is 3.87. The number of nitrogens with zero attached hydrogens (tertiary/aromatic N) is 1. The van der Waals surface area contributed by atoms with E-state index in [9.17, 15) is 4.79 Å². The largest absolute Gasteiger partial charge is 0.497 e. The summed E-state index contributed by atoms with van der Waals surface area (Å²) >= 11 is 0. The molecule has 0 saturated carbocycles. The number of ether oxygens (including phenoxy) is 2. The maximum Gasteiger partial charge on any atom is 0.410 e. The Morgan fingerprint density at radius 3 is 2.42 bits per heavy atom. The van der Waals surface area contributed by atoms with Crippen LogP contribution in [0, 0.1) is 0 Å². The molecule has 0 N–H and O–H groups in total. The van der Waals surface area contributed by atoms with Gasteiger partial charge in [-0.1, -0.05) is 12.1 Å². The van der Waals surface area contributed by atoms with E-state index in [4.69, 9.17) is 9.47 Å². The number of carbonyl (C=O) groups is 1. The Balaban J connectivity index is 2.29. The van der Waals surface area contributed by atoms with Gasteiger partial charge in [0.25, 0.3) is 0 Å². The highest BCUT2D eigenvalue weighted by Gasteiger charge is 2.43. The molecule has 2 rings (SSSR count). The van der Waals surface area contributed by atoms with E-state index < -0.39 is 0 Å². The van der Waals surface area contributed by atoms with Crippen LogP contribution in [-0.4, -0.2) is 30.8 Å². The minimum Gasteiger partial charge on any atom is -0.497 e. The van der Waals surface area contributed by atoms with Gasteiger partial charge in [0.05, 0.1) is 20.3 Å². The molecular weight excluding hydrogens is 242 g/mol. The summed E-state index contributed by atoms with van der Waals surface area (Å²) in [4.78, 5) is 13.9. The molecule has 0 spiro atoms. The van der Waals surface area contributed by atoms with Crippen LogP contribution in [0.4, 0.5) is 4.79 Å². The van der Waals surface area contributed by atoms with Crippen LogP contribution in [0.5, 0.6) is 5.75 Å². The molecule has 0 aromatic heterocycles. The zero-order valence-electron chi connectivity index (χ0n) is 12.0. The molecule has 19 heavy (non-hydrogen) atoms. The quantitative estimate of drug-likeness (QED) is 0.821. The molecule has 4 nitrogen and oxygen atoms in total. The van der Waals surface area contributed by atoms with E-state index in [1.807, 2.05) is 29.2 Å². The van der Waals surface area contributed by atoms with Crippen molar-refractivity contribution in [3.8, 4) is 5.75 Å². The van der Waals surface area contributed by atoms with Gasteiger partial charge in [-0.2, -0.15) is 0 Å². The standard InChI is InChI=1S/C15H21NO3/c1-15(2)10-9-13(16(15)14(17)19-4)11-5-7-12(18-3)8-6-11/h5-8,13H,9-10H2,1-4H3. The topological polar surface area (TPSA) is 38.8 Å². The average Bonchev–Trinajstić information content (AvgIpc) is 2.73. The summed E-state index contributed by atoms with van der Waals surface area (Å²) in [7, 11) is 3.08. The molecule has 1 aliphatic rings. The van der Waals surface area contributed by atoms with Crippen molar-refractivity contribution >= 4 is 6.09 Å². The number of hydrogen-bond donors (Lipinski definition) is 0. The number of rotatable bonds is 2. The van der Waals surface area contributed by atoms with Crippen LogP contribution in [0.2, 0.25) is 0 Å². The van der Waals surface area contributed by atoms with Gasteiger partial charge >= 0.3 is 6.09 Å². The second kappa shape index (κ2) is 5.11. The molecule has 0 aliphatic carbocycles. The van der Waals surface area contributed by atoms with Gasteiger partial charge in [0.2, 0.25) is 0 Å². The van der Waals surface area contributed by atoms with Crippen LogP contribution in [0.25, 0.3) is 0 Å². The van der Waals surface area contributed by atoms with Crippen molar-refractivity contribution in [2.75, 3.05) is 14.2 Å². The minimum absolute atomic E-state index is 0.0772. The monoisotopic (exact) mass is 263 g/mol. The van der Waals surface area contributed by atoms with E-state index in [1.165, 1.54) is 7.11 Å². The molecule has 1 heterocycles. The minimum atomic E-state index is -0.261. The Morgan fingerprint density at radius 2 is 1.89 bits per heavy atom. The summed E-state index contributed by atoms with van der Waals surface area (Å²) in [5, 5.41) is 0. The number of amides is 1. The van der Waals surface area contributed by atoms with Gasteiger partial charge in [-0.25, -0.2) is 4.79 Å². The lowest BCUT2D eigenvalue weighted by molar-refractivity contribution is 0.0794. The zero-order valence-corrected chi connectivity index (χ0v) is 12.0. The number of hydrogen-bond acceptors (Lipinski definition) is 3. The van der Waals surface area contributed by atoms with Crippen molar-refractivity contribution in [3.63, 3.8) is 0 Å². The van der Waals surface area contributed by atoms with Crippen molar-refractivity contribution < 1.29 is 14.3 Å². The molecule has 1 unspecified atom stereocenters. The van der Waals surface area contributed by atoms with Crippen LogP contribution < -0.4 is 4.74 Å². The molecule has 1 aromatic carbocycles. The maximum atomic E-state index is 12.0. The van der Waals surface area contributed by atoms with Crippen molar-refractivity contribution in [2.45, 2.75) is 38.3 Å². The van der Waals surface area contributed by atoms with Gasteiger partial charge in [-0.3, -0.25) is 4.90 Å². The zero-order chi connectivity index (χ0) is 14.0. The van der Waals surface area contributed by atoms with Gasteiger partial charge in [-0.15, -0.1) is 0 Å². The molecule has 1 amide bonds. The fourth-order valence-electron chi connectivity index (χ4n) is 2.78. The molecule has 1 saturated heterocycles. The summed E-state index contributed by atoms with van der Waals surface area (Å²) in [5.41, 5.74) is 0.953. The summed E-state index contributed by atoms with van der Waals surface area (Å²) < 4.78 is 10.1. The third-order valence-electron chi connectivity index (χ3n) is 3.87. The number of likely N-dealkylation sites (tertiary alicyclic amines) is 1. The smallest absolute Gasteiger partial charge is 0.410 e. The molecular formula is C15H21NO3. The SMILES string of the molecule is COC(=O)N1C(c2ccc(OC)cc2)CCC1(C)C. The first-order chi connectivity index (χ1) is 8.99. The van der Waals surface area contributed by atoms with E-state index in [0.717, 1.165) is 24.2 Å². The molecule has 0 radical (unpaired) electrons. The molecule has 4 heteroatoms. The first kappa shape index (κ1) is 13.7. The summed E-state index contributed by atoms with van der Waals surface area (Å²) in [6.07, 6.45) is 1.66. The van der Waals surface area contributed by atoms with E-state index in [1.54, 1.807) is 7.11 Å². The van der Waals surface area contributed by atoms with E-state index in [-0.39, 0.29) is 17.7 Å². The van der Waals surface area contributed by atoms with E-state index in [0.29, 0.717) is 0 Å². The molecule has 104 valence electrons. The van der Waals surface area contributed by atoms with E-state index in [2.05, 4.69) is 13.8 Å². The van der Waals surface area contributed by atoms with Gasteiger partial charge in [-0.05, 0) is 44.4 Å². The van der Waals surface area contributed by atoms with Gasteiger partial charge in [0.1, 0.15) is 5.75 Å². The Labute approximate surface area is 114 Å². The predicted octanol–water partition coefficient (Wildman–Crippen LogP) is 3.38. The summed E-state index contributed by atoms with van der Waals surface area (Å²) in [6.45, 7) is 4.15. The molecule has 1 aromatic rings. The Morgan fingerprint density at radius 1 is 1.26 bits per heavy atom. The lowest BCUT2D eigenvalue weighted by atomic mass is 10.0. The number of carbonyl (C=O) groups excluding carboxylic acids is 1. The Bertz CT molecular complexity index is 453. The fraction of sp³-hybridized carbons (Fsp3) is 0.533. The molecule has 0 bridgehead atoms. The predicted molar refractivity (Wildman–Crippen MR) is 73.3 cm³/mol. The first-order valence-corrected chi connectivity index (χ1v) is 6.51. The van der Waals surface area contributed by atoms with Gasteiger partial charge < -0.3 is 9.47 Å². The Hall–Kier alpha value is -1.71. The van der Waals surface area contributed by atoms with Gasteiger partial charge in [0.15, 0.2) is 0 Å². The van der Waals surface area contributed by atoms with Crippen LogP contribution in [-0.2, 0) is 4.74 Å². The highest BCUT2D eigenvalue weighted by molar-refractivity contribution is 5.69. The average molecular weight is 263 g/mol. The number of benzene rings is 1. The van der Waals surface area contributed by atoms with Crippen LogP contribution in [0.3, 0.4) is 0 Å². The summed E-state index contributed by atoms with van der Waals surface area (Å²) in [5.74, 6) is 0.825. The first-order valence-electron chi connectivity index (χ1n) is 6.51. The van der Waals surface area contributed by atoms with E-state index >= 15 is 0 Å². The Kier molecular flexibility index (Phi) is 3.69. The van der Waals surface area contributed by atoms with Gasteiger partial charge in [0, 0.05) is 5.54 Å². The molecule has 1 aliphatic heterocycles.